The Labute approximate surface area is 160 Å². The molecule has 6 nitrogen and oxygen atoms in total. The standard InChI is InChI=1S/C20H23F2N3O3/c1-10(23-2)15-4-3-7-24(15)18-14(21)8-12-17(16(18)22)25(11-5-6-11)9-13(19(12)26)20(27)28/h8-11,15,23H,3-7H2,1-2H3,(H,27,28). The molecule has 1 aromatic carbocycles. The van der Waals surface area contributed by atoms with Gasteiger partial charge in [-0.15, -0.1) is 0 Å². The van der Waals surface area contributed by atoms with Gasteiger partial charge >= 0.3 is 5.97 Å². The molecule has 28 heavy (non-hydrogen) atoms. The lowest BCUT2D eigenvalue weighted by Gasteiger charge is -2.32. The number of nitrogens with zero attached hydrogens (tertiary/aromatic N) is 2. The molecular formula is C20H23F2N3O3. The van der Waals surface area contributed by atoms with Crippen molar-refractivity contribution in [2.75, 3.05) is 18.5 Å². The number of likely N-dealkylation sites (N-methyl/N-ethyl adjacent to an activating group) is 1. The third-order valence-corrected chi connectivity index (χ3v) is 5.97. The minimum Gasteiger partial charge on any atom is -0.477 e. The molecule has 8 heteroatoms. The van der Waals surface area contributed by atoms with Crippen molar-refractivity contribution in [1.82, 2.24) is 9.88 Å². The van der Waals surface area contributed by atoms with E-state index >= 15 is 8.78 Å². The Morgan fingerprint density at radius 1 is 1.32 bits per heavy atom. The lowest BCUT2D eigenvalue weighted by molar-refractivity contribution is 0.0695. The monoisotopic (exact) mass is 391 g/mol. The zero-order chi connectivity index (χ0) is 20.2. The number of carboxylic acids is 1. The zero-order valence-corrected chi connectivity index (χ0v) is 15.8. The Morgan fingerprint density at radius 3 is 2.64 bits per heavy atom. The molecule has 2 fully saturated rings. The molecule has 2 aromatic rings. The quantitative estimate of drug-likeness (QED) is 0.820. The van der Waals surface area contributed by atoms with Crippen molar-refractivity contribution in [2.24, 2.45) is 0 Å². The average molecular weight is 391 g/mol. The first-order chi connectivity index (χ1) is 13.3. The van der Waals surface area contributed by atoms with Crippen LogP contribution in [0.15, 0.2) is 17.1 Å². The van der Waals surface area contributed by atoms with Crippen LogP contribution in [0.2, 0.25) is 0 Å². The van der Waals surface area contributed by atoms with E-state index < -0.39 is 28.6 Å². The van der Waals surface area contributed by atoms with E-state index in [0.29, 0.717) is 6.54 Å². The molecule has 0 radical (unpaired) electrons. The predicted molar refractivity (Wildman–Crippen MR) is 102 cm³/mol. The molecule has 1 aromatic heterocycles. The highest BCUT2D eigenvalue weighted by Crippen LogP contribution is 2.40. The van der Waals surface area contributed by atoms with Crippen LogP contribution in [0, 0.1) is 11.6 Å². The van der Waals surface area contributed by atoms with E-state index in [1.807, 2.05) is 14.0 Å². The molecule has 2 N–H and O–H groups in total. The van der Waals surface area contributed by atoms with Crippen molar-refractivity contribution in [3.05, 3.63) is 39.7 Å². The Hall–Kier alpha value is -2.48. The van der Waals surface area contributed by atoms with E-state index in [4.69, 9.17) is 0 Å². The Kier molecular flexibility index (Phi) is 4.61. The molecule has 1 aliphatic heterocycles. The van der Waals surface area contributed by atoms with Gasteiger partial charge in [-0.3, -0.25) is 4.79 Å². The molecule has 2 atom stereocenters. The lowest BCUT2D eigenvalue weighted by Crippen LogP contribution is -2.44. The largest absolute Gasteiger partial charge is 0.477 e. The number of hydrogen-bond donors (Lipinski definition) is 2. The molecule has 2 unspecified atom stereocenters. The lowest BCUT2D eigenvalue weighted by atomic mass is 10.1. The fraction of sp³-hybridized carbons (Fsp3) is 0.500. The average Bonchev–Trinajstić information content (AvgIpc) is 3.39. The van der Waals surface area contributed by atoms with Crippen LogP contribution in [0.1, 0.15) is 49.0 Å². The van der Waals surface area contributed by atoms with Gasteiger partial charge in [-0.25, -0.2) is 13.6 Å². The number of halogens is 2. The fourth-order valence-corrected chi connectivity index (χ4v) is 4.27. The Bertz CT molecular complexity index is 1020. The molecule has 0 amide bonds. The van der Waals surface area contributed by atoms with E-state index in [9.17, 15) is 14.7 Å². The smallest absolute Gasteiger partial charge is 0.341 e. The molecule has 0 bridgehead atoms. The van der Waals surface area contributed by atoms with Crippen molar-refractivity contribution >= 4 is 22.6 Å². The molecule has 2 heterocycles. The Morgan fingerprint density at radius 2 is 2.04 bits per heavy atom. The van der Waals surface area contributed by atoms with Crippen molar-refractivity contribution in [1.29, 1.82) is 0 Å². The third kappa shape index (κ3) is 2.87. The maximum atomic E-state index is 15.7. The molecule has 1 aliphatic carbocycles. The summed E-state index contributed by atoms with van der Waals surface area (Å²) in [6, 6.07) is 0.906. The van der Waals surface area contributed by atoms with Crippen molar-refractivity contribution in [3.63, 3.8) is 0 Å². The number of pyridine rings is 1. The van der Waals surface area contributed by atoms with Gasteiger partial charge in [-0.1, -0.05) is 0 Å². The molecular weight excluding hydrogens is 368 g/mol. The molecule has 4 rings (SSSR count). The van der Waals surface area contributed by atoms with Crippen LogP contribution < -0.4 is 15.6 Å². The van der Waals surface area contributed by atoms with E-state index in [1.165, 1.54) is 10.8 Å². The van der Waals surface area contributed by atoms with E-state index in [1.54, 1.807) is 4.90 Å². The SMILES string of the molecule is CNC(C)C1CCCN1c1c(F)cc2c(=O)c(C(=O)O)cn(C3CC3)c2c1F. The van der Waals surface area contributed by atoms with Crippen LogP contribution in [0.5, 0.6) is 0 Å². The number of fused-ring (bicyclic) bond motifs is 1. The molecule has 1 saturated carbocycles. The number of rotatable bonds is 5. The summed E-state index contributed by atoms with van der Waals surface area (Å²) in [5.74, 6) is -3.01. The maximum absolute atomic E-state index is 15.7. The van der Waals surface area contributed by atoms with Crippen molar-refractivity contribution in [2.45, 2.75) is 50.7 Å². The van der Waals surface area contributed by atoms with Gasteiger partial charge in [0.25, 0.3) is 0 Å². The van der Waals surface area contributed by atoms with Gasteiger partial charge in [-0.2, -0.15) is 0 Å². The first-order valence-corrected chi connectivity index (χ1v) is 9.59. The van der Waals surface area contributed by atoms with Gasteiger partial charge in [0, 0.05) is 30.9 Å². The van der Waals surface area contributed by atoms with Crippen molar-refractivity contribution < 1.29 is 18.7 Å². The summed E-state index contributed by atoms with van der Waals surface area (Å²) < 4.78 is 32.2. The fourth-order valence-electron chi connectivity index (χ4n) is 4.27. The minimum atomic E-state index is -1.39. The number of nitrogens with one attached hydrogen (secondary N) is 1. The molecule has 0 spiro atoms. The van der Waals surface area contributed by atoms with Gasteiger partial charge < -0.3 is 19.9 Å². The summed E-state index contributed by atoms with van der Waals surface area (Å²) in [7, 11) is 1.81. The second-order valence-corrected chi connectivity index (χ2v) is 7.71. The molecule has 2 aliphatic rings. The van der Waals surface area contributed by atoms with E-state index in [2.05, 4.69) is 5.32 Å². The zero-order valence-electron chi connectivity index (χ0n) is 15.8. The van der Waals surface area contributed by atoms with E-state index in [0.717, 1.165) is 31.7 Å². The first-order valence-electron chi connectivity index (χ1n) is 9.59. The topological polar surface area (TPSA) is 74.6 Å². The minimum absolute atomic E-state index is 0.00309. The van der Waals surface area contributed by atoms with Gasteiger partial charge in [0.05, 0.1) is 10.9 Å². The van der Waals surface area contributed by atoms with Gasteiger partial charge in [0.1, 0.15) is 17.1 Å². The van der Waals surface area contributed by atoms with Crippen LogP contribution in [0.25, 0.3) is 10.9 Å². The number of anilines is 1. The summed E-state index contributed by atoms with van der Waals surface area (Å²) in [6.07, 6.45) is 4.37. The van der Waals surface area contributed by atoms with Crippen molar-refractivity contribution in [3.8, 4) is 0 Å². The number of carbonyl (C=O) groups is 1. The number of carboxylic acid groups (broad SMARTS) is 1. The van der Waals surface area contributed by atoms with Gasteiger partial charge in [-0.05, 0) is 45.7 Å². The van der Waals surface area contributed by atoms with Gasteiger partial charge in [0.2, 0.25) is 5.43 Å². The first kappa shape index (κ1) is 18.9. The maximum Gasteiger partial charge on any atom is 0.341 e. The molecule has 150 valence electrons. The molecule has 1 saturated heterocycles. The summed E-state index contributed by atoms with van der Waals surface area (Å²) in [5, 5.41) is 12.2. The summed E-state index contributed by atoms with van der Waals surface area (Å²) in [4.78, 5) is 25.7. The second kappa shape index (κ2) is 6.84. The number of aromatic nitrogens is 1. The Balaban J connectivity index is 1.98. The summed E-state index contributed by atoms with van der Waals surface area (Å²) >= 11 is 0. The highest BCUT2D eigenvalue weighted by atomic mass is 19.1. The van der Waals surface area contributed by atoms with E-state index in [-0.39, 0.29) is 34.7 Å². The van der Waals surface area contributed by atoms with Crippen LogP contribution in [-0.2, 0) is 0 Å². The summed E-state index contributed by atoms with van der Waals surface area (Å²) in [5.41, 5.74) is -1.45. The highest BCUT2D eigenvalue weighted by molar-refractivity contribution is 5.94. The van der Waals surface area contributed by atoms with Gasteiger partial charge in [0.15, 0.2) is 5.82 Å². The van der Waals surface area contributed by atoms with Crippen LogP contribution in [0.4, 0.5) is 14.5 Å². The van der Waals surface area contributed by atoms with Crippen LogP contribution in [-0.4, -0.2) is 41.3 Å². The van der Waals surface area contributed by atoms with Crippen LogP contribution in [0.3, 0.4) is 0 Å². The normalized spacial score (nSPS) is 20.7. The predicted octanol–water partition coefficient (Wildman–Crippen LogP) is 2.89. The highest BCUT2D eigenvalue weighted by Gasteiger charge is 2.35. The number of hydrogen-bond acceptors (Lipinski definition) is 4. The van der Waals surface area contributed by atoms with Crippen LogP contribution >= 0.6 is 0 Å². The number of benzene rings is 1. The number of aromatic carboxylic acids is 1. The second-order valence-electron chi connectivity index (χ2n) is 7.71. The summed E-state index contributed by atoms with van der Waals surface area (Å²) in [6.45, 7) is 2.50. The third-order valence-electron chi connectivity index (χ3n) is 5.97.